The van der Waals surface area contributed by atoms with E-state index in [1.165, 1.54) is 0 Å². The monoisotopic (exact) mass is 286 g/mol. The molecule has 0 amide bonds. The van der Waals surface area contributed by atoms with Crippen molar-refractivity contribution in [2.75, 3.05) is 7.11 Å². The van der Waals surface area contributed by atoms with Crippen molar-refractivity contribution in [3.63, 3.8) is 0 Å². The number of carboxylic acid groups (broad SMARTS) is 1. The lowest BCUT2D eigenvalue weighted by molar-refractivity contribution is -0.137. The average molecular weight is 286 g/mol. The molecule has 2 aromatic rings. The van der Waals surface area contributed by atoms with Crippen LogP contribution in [0.4, 0.5) is 0 Å². The van der Waals surface area contributed by atoms with Crippen molar-refractivity contribution in [3.8, 4) is 16.9 Å². The van der Waals surface area contributed by atoms with E-state index in [0.717, 1.165) is 22.4 Å². The Morgan fingerprint density at radius 2 is 2.19 bits per heavy atom. The van der Waals surface area contributed by atoms with E-state index in [-0.39, 0.29) is 6.42 Å². The summed E-state index contributed by atoms with van der Waals surface area (Å²) in [6.07, 6.45) is 3.19. The Labute approximate surface area is 123 Å². The highest BCUT2D eigenvalue weighted by Gasteiger charge is 2.14. The SMILES string of the molecule is COc1cccc(C)c1-c1cncc(C(N)CC(=O)O)c1. The number of aryl methyl sites for hydroxylation is 1. The molecule has 0 aliphatic heterocycles. The van der Waals surface area contributed by atoms with E-state index in [9.17, 15) is 4.79 Å². The molecule has 0 aliphatic rings. The lowest BCUT2D eigenvalue weighted by atomic mass is 9.97. The van der Waals surface area contributed by atoms with Crippen molar-refractivity contribution < 1.29 is 14.6 Å². The predicted molar refractivity (Wildman–Crippen MR) is 80.1 cm³/mol. The molecule has 110 valence electrons. The van der Waals surface area contributed by atoms with Crippen LogP contribution in [0, 0.1) is 6.92 Å². The molecule has 21 heavy (non-hydrogen) atoms. The number of nitrogens with zero attached hydrogens (tertiary/aromatic N) is 1. The molecule has 0 fully saturated rings. The molecule has 1 aromatic carbocycles. The molecule has 1 unspecified atom stereocenters. The van der Waals surface area contributed by atoms with Crippen molar-refractivity contribution in [3.05, 3.63) is 47.8 Å². The molecule has 0 saturated heterocycles. The van der Waals surface area contributed by atoms with Gasteiger partial charge < -0.3 is 15.6 Å². The van der Waals surface area contributed by atoms with Crippen LogP contribution in [0.5, 0.6) is 5.75 Å². The zero-order chi connectivity index (χ0) is 15.4. The Kier molecular flexibility index (Phi) is 4.55. The number of rotatable bonds is 5. The second kappa shape index (κ2) is 6.37. The largest absolute Gasteiger partial charge is 0.496 e. The molecule has 5 nitrogen and oxygen atoms in total. The van der Waals surface area contributed by atoms with Gasteiger partial charge >= 0.3 is 5.97 Å². The Morgan fingerprint density at radius 3 is 2.86 bits per heavy atom. The van der Waals surface area contributed by atoms with Crippen molar-refractivity contribution in [1.82, 2.24) is 4.98 Å². The number of ether oxygens (including phenoxy) is 1. The number of pyridine rings is 1. The van der Waals surface area contributed by atoms with Gasteiger partial charge in [-0.3, -0.25) is 9.78 Å². The number of hydrogen-bond acceptors (Lipinski definition) is 4. The molecular weight excluding hydrogens is 268 g/mol. The fraction of sp³-hybridized carbons (Fsp3) is 0.250. The van der Waals surface area contributed by atoms with Crippen LogP contribution < -0.4 is 10.5 Å². The molecule has 1 heterocycles. The molecule has 3 N–H and O–H groups in total. The molecule has 0 radical (unpaired) electrons. The summed E-state index contributed by atoms with van der Waals surface area (Å²) in [5.74, 6) is -0.179. The maximum atomic E-state index is 10.8. The lowest BCUT2D eigenvalue weighted by Gasteiger charge is -2.14. The van der Waals surface area contributed by atoms with Gasteiger partial charge in [0.15, 0.2) is 0 Å². The average Bonchev–Trinajstić information content (AvgIpc) is 2.46. The van der Waals surface area contributed by atoms with E-state index in [1.807, 2.05) is 31.2 Å². The van der Waals surface area contributed by atoms with Crippen molar-refractivity contribution in [1.29, 1.82) is 0 Å². The number of aromatic nitrogens is 1. The fourth-order valence-corrected chi connectivity index (χ4v) is 2.28. The van der Waals surface area contributed by atoms with Crippen LogP contribution in [0.1, 0.15) is 23.6 Å². The van der Waals surface area contributed by atoms with Crippen LogP contribution >= 0.6 is 0 Å². The second-order valence-corrected chi connectivity index (χ2v) is 4.86. The summed E-state index contributed by atoms with van der Waals surface area (Å²) >= 11 is 0. The summed E-state index contributed by atoms with van der Waals surface area (Å²) in [4.78, 5) is 14.9. The maximum absolute atomic E-state index is 10.8. The van der Waals surface area contributed by atoms with E-state index in [2.05, 4.69) is 4.98 Å². The number of carbonyl (C=O) groups is 1. The van der Waals surface area contributed by atoms with E-state index in [4.69, 9.17) is 15.6 Å². The molecule has 1 aromatic heterocycles. The summed E-state index contributed by atoms with van der Waals surface area (Å²) in [5.41, 5.74) is 9.46. The third kappa shape index (κ3) is 3.38. The molecule has 0 bridgehead atoms. The summed E-state index contributed by atoms with van der Waals surface area (Å²) in [7, 11) is 1.62. The second-order valence-electron chi connectivity index (χ2n) is 4.86. The zero-order valence-corrected chi connectivity index (χ0v) is 12.0. The minimum atomic E-state index is -0.929. The number of aliphatic carboxylic acids is 1. The minimum absolute atomic E-state index is 0.129. The van der Waals surface area contributed by atoms with Gasteiger partial charge in [-0.1, -0.05) is 12.1 Å². The van der Waals surface area contributed by atoms with Crippen LogP contribution in [0.25, 0.3) is 11.1 Å². The van der Waals surface area contributed by atoms with E-state index in [1.54, 1.807) is 19.5 Å². The molecule has 0 spiro atoms. The number of carboxylic acids is 1. The van der Waals surface area contributed by atoms with Crippen LogP contribution in [0.15, 0.2) is 36.7 Å². The predicted octanol–water partition coefficient (Wildman–Crippen LogP) is 2.54. The highest BCUT2D eigenvalue weighted by molar-refractivity contribution is 5.74. The fourth-order valence-electron chi connectivity index (χ4n) is 2.28. The first kappa shape index (κ1) is 15.0. The Hall–Kier alpha value is -2.40. The van der Waals surface area contributed by atoms with Gasteiger partial charge in [-0.25, -0.2) is 0 Å². The minimum Gasteiger partial charge on any atom is -0.496 e. The quantitative estimate of drug-likeness (QED) is 0.882. The van der Waals surface area contributed by atoms with Gasteiger partial charge in [0.1, 0.15) is 5.75 Å². The number of hydrogen-bond donors (Lipinski definition) is 2. The highest BCUT2D eigenvalue weighted by Crippen LogP contribution is 2.33. The van der Waals surface area contributed by atoms with Crippen molar-refractivity contribution >= 4 is 5.97 Å². The van der Waals surface area contributed by atoms with Gasteiger partial charge in [-0.2, -0.15) is 0 Å². The summed E-state index contributed by atoms with van der Waals surface area (Å²) in [5, 5.41) is 8.84. The molecule has 0 aliphatic carbocycles. The molecular formula is C16H18N2O3. The van der Waals surface area contributed by atoms with Gasteiger partial charge in [0.05, 0.1) is 13.5 Å². The summed E-state index contributed by atoms with van der Waals surface area (Å²) < 4.78 is 5.39. The standard InChI is InChI=1S/C16H18N2O3/c1-10-4-3-5-14(21-2)16(10)12-6-11(8-18-9-12)13(17)7-15(19)20/h3-6,8-9,13H,7,17H2,1-2H3,(H,19,20). The van der Waals surface area contributed by atoms with Crippen molar-refractivity contribution in [2.45, 2.75) is 19.4 Å². The van der Waals surface area contributed by atoms with Gasteiger partial charge in [0.25, 0.3) is 0 Å². The lowest BCUT2D eigenvalue weighted by Crippen LogP contribution is -2.15. The molecule has 2 rings (SSSR count). The van der Waals surface area contributed by atoms with E-state index >= 15 is 0 Å². The van der Waals surface area contributed by atoms with Crippen LogP contribution in [-0.4, -0.2) is 23.2 Å². The van der Waals surface area contributed by atoms with Gasteiger partial charge in [-0.05, 0) is 30.2 Å². The summed E-state index contributed by atoms with van der Waals surface area (Å²) in [6.45, 7) is 1.99. The third-order valence-corrected chi connectivity index (χ3v) is 3.33. The van der Waals surface area contributed by atoms with E-state index in [0.29, 0.717) is 5.56 Å². The number of nitrogens with two attached hydrogens (primary N) is 1. The Morgan fingerprint density at radius 1 is 1.43 bits per heavy atom. The maximum Gasteiger partial charge on any atom is 0.305 e. The van der Waals surface area contributed by atoms with Gasteiger partial charge in [0, 0.05) is 29.6 Å². The molecule has 5 heteroatoms. The third-order valence-electron chi connectivity index (χ3n) is 3.33. The molecule has 1 atom stereocenters. The first-order chi connectivity index (χ1) is 10.0. The normalized spacial score (nSPS) is 12.0. The van der Waals surface area contributed by atoms with Gasteiger partial charge in [-0.15, -0.1) is 0 Å². The van der Waals surface area contributed by atoms with Crippen molar-refractivity contribution in [2.24, 2.45) is 5.73 Å². The first-order valence-corrected chi connectivity index (χ1v) is 6.59. The number of benzene rings is 1. The summed E-state index contributed by atoms with van der Waals surface area (Å²) in [6, 6.07) is 7.08. The smallest absolute Gasteiger partial charge is 0.305 e. The molecule has 0 saturated carbocycles. The van der Waals surface area contributed by atoms with Crippen LogP contribution in [0.2, 0.25) is 0 Å². The highest BCUT2D eigenvalue weighted by atomic mass is 16.5. The van der Waals surface area contributed by atoms with Gasteiger partial charge in [0.2, 0.25) is 0 Å². The van der Waals surface area contributed by atoms with Crippen LogP contribution in [0.3, 0.4) is 0 Å². The van der Waals surface area contributed by atoms with Crippen LogP contribution in [-0.2, 0) is 4.79 Å². The number of methoxy groups -OCH3 is 1. The zero-order valence-electron chi connectivity index (χ0n) is 12.0. The Bertz CT molecular complexity index is 656. The Balaban J connectivity index is 2.45. The topological polar surface area (TPSA) is 85.4 Å². The first-order valence-electron chi connectivity index (χ1n) is 6.59. The van der Waals surface area contributed by atoms with E-state index < -0.39 is 12.0 Å².